The molecule has 1 aliphatic rings. The van der Waals surface area contributed by atoms with Crippen molar-refractivity contribution in [2.24, 2.45) is 21.5 Å². The van der Waals surface area contributed by atoms with Gasteiger partial charge in [-0.3, -0.25) is 5.73 Å². The molecule has 106 valence electrons. The average molecular weight is 279 g/mol. The Morgan fingerprint density at radius 1 is 1.00 bits per heavy atom. The zero-order chi connectivity index (χ0) is 14.9. The highest BCUT2D eigenvalue weighted by atomic mass is 15.3. The Morgan fingerprint density at radius 2 is 1.76 bits per heavy atom. The molecule has 5 N–H and O–H groups in total. The summed E-state index contributed by atoms with van der Waals surface area (Å²) in [6.45, 7) is 2.03. The number of benzene rings is 2. The molecule has 5 nitrogen and oxygen atoms in total. The highest BCUT2D eigenvalue weighted by molar-refractivity contribution is 6.09. The SMILES string of the molecule is Cc1cccc(C2=NC(N)(c3ccccc3)N=C(N)N2)c1. The van der Waals surface area contributed by atoms with Gasteiger partial charge in [-0.05, 0) is 13.0 Å². The summed E-state index contributed by atoms with van der Waals surface area (Å²) in [6, 6.07) is 17.5. The van der Waals surface area contributed by atoms with Crippen molar-refractivity contribution in [1.29, 1.82) is 0 Å². The molecule has 0 fully saturated rings. The fourth-order valence-corrected chi connectivity index (χ4v) is 2.30. The molecule has 21 heavy (non-hydrogen) atoms. The molecule has 2 aromatic carbocycles. The molecule has 0 bridgehead atoms. The van der Waals surface area contributed by atoms with Crippen LogP contribution >= 0.6 is 0 Å². The van der Waals surface area contributed by atoms with Crippen LogP contribution in [-0.4, -0.2) is 11.8 Å². The molecule has 0 spiro atoms. The highest BCUT2D eigenvalue weighted by Crippen LogP contribution is 2.24. The summed E-state index contributed by atoms with van der Waals surface area (Å²) in [6.07, 6.45) is 0. The van der Waals surface area contributed by atoms with Gasteiger partial charge in [-0.15, -0.1) is 0 Å². The molecule has 1 atom stereocenters. The number of hydrogen-bond donors (Lipinski definition) is 3. The van der Waals surface area contributed by atoms with Crippen LogP contribution in [0.2, 0.25) is 0 Å². The van der Waals surface area contributed by atoms with E-state index in [4.69, 9.17) is 11.5 Å². The third-order valence-corrected chi connectivity index (χ3v) is 3.31. The van der Waals surface area contributed by atoms with Gasteiger partial charge in [-0.1, -0.05) is 54.1 Å². The minimum atomic E-state index is -1.20. The van der Waals surface area contributed by atoms with Crippen LogP contribution in [0.1, 0.15) is 16.7 Å². The van der Waals surface area contributed by atoms with Crippen molar-refractivity contribution >= 4 is 11.8 Å². The smallest absolute Gasteiger partial charge is 0.234 e. The molecule has 0 amide bonds. The summed E-state index contributed by atoms with van der Waals surface area (Å²) in [5.41, 5.74) is 15.1. The summed E-state index contributed by atoms with van der Waals surface area (Å²) in [5, 5.41) is 2.98. The predicted octanol–water partition coefficient (Wildman–Crippen LogP) is 1.43. The van der Waals surface area contributed by atoms with Gasteiger partial charge < -0.3 is 11.1 Å². The van der Waals surface area contributed by atoms with Gasteiger partial charge in [0.25, 0.3) is 0 Å². The minimum Gasteiger partial charge on any atom is -0.370 e. The number of nitrogens with two attached hydrogens (primary N) is 2. The van der Waals surface area contributed by atoms with Crippen LogP contribution in [0, 0.1) is 6.92 Å². The van der Waals surface area contributed by atoms with E-state index < -0.39 is 5.79 Å². The molecule has 3 rings (SSSR count). The van der Waals surface area contributed by atoms with Gasteiger partial charge in [-0.2, -0.15) is 0 Å². The number of aliphatic imine (C=N–C) groups is 2. The summed E-state index contributed by atoms with van der Waals surface area (Å²) in [4.78, 5) is 8.82. The van der Waals surface area contributed by atoms with Crippen molar-refractivity contribution in [3.63, 3.8) is 0 Å². The second-order valence-corrected chi connectivity index (χ2v) is 5.04. The van der Waals surface area contributed by atoms with Crippen molar-refractivity contribution in [3.05, 3.63) is 71.3 Å². The van der Waals surface area contributed by atoms with Gasteiger partial charge in [0.15, 0.2) is 5.96 Å². The molecule has 2 aromatic rings. The van der Waals surface area contributed by atoms with Gasteiger partial charge in [-0.25, -0.2) is 9.98 Å². The molecule has 0 saturated heterocycles. The first-order valence-electron chi connectivity index (χ1n) is 6.70. The minimum absolute atomic E-state index is 0.257. The van der Waals surface area contributed by atoms with Crippen LogP contribution in [0.4, 0.5) is 0 Å². The van der Waals surface area contributed by atoms with Gasteiger partial charge in [0, 0.05) is 11.1 Å². The van der Waals surface area contributed by atoms with Gasteiger partial charge in [0.05, 0.1) is 0 Å². The van der Waals surface area contributed by atoms with Gasteiger partial charge >= 0.3 is 0 Å². The predicted molar refractivity (Wildman–Crippen MR) is 84.8 cm³/mol. The molecule has 5 heteroatoms. The van der Waals surface area contributed by atoms with E-state index in [1.807, 2.05) is 61.5 Å². The van der Waals surface area contributed by atoms with Crippen LogP contribution in [0.3, 0.4) is 0 Å². The Kier molecular flexibility index (Phi) is 3.19. The lowest BCUT2D eigenvalue weighted by atomic mass is 10.1. The first-order valence-corrected chi connectivity index (χ1v) is 6.70. The van der Waals surface area contributed by atoms with Crippen LogP contribution < -0.4 is 16.8 Å². The fraction of sp³-hybridized carbons (Fsp3) is 0.125. The highest BCUT2D eigenvalue weighted by Gasteiger charge is 2.30. The average Bonchev–Trinajstić information content (AvgIpc) is 2.47. The van der Waals surface area contributed by atoms with E-state index in [9.17, 15) is 0 Å². The number of rotatable bonds is 2. The lowest BCUT2D eigenvalue weighted by Crippen LogP contribution is -2.48. The second-order valence-electron chi connectivity index (χ2n) is 5.04. The van der Waals surface area contributed by atoms with Gasteiger partial charge in [0.1, 0.15) is 5.84 Å². The van der Waals surface area contributed by atoms with E-state index in [2.05, 4.69) is 15.3 Å². The van der Waals surface area contributed by atoms with E-state index in [0.29, 0.717) is 5.84 Å². The normalized spacial score (nSPS) is 21.2. The van der Waals surface area contributed by atoms with E-state index in [1.165, 1.54) is 0 Å². The standard InChI is InChI=1S/C16H17N5/c1-11-6-5-7-12(10-11)14-19-15(17)21-16(18,20-14)13-8-3-2-4-9-13/h2-10H,18H2,1H3,(H3,17,19,20,21). The summed E-state index contributed by atoms with van der Waals surface area (Å²) in [7, 11) is 0. The Hall–Kier alpha value is -2.66. The summed E-state index contributed by atoms with van der Waals surface area (Å²) >= 11 is 0. The number of nitrogens with zero attached hydrogens (tertiary/aromatic N) is 2. The monoisotopic (exact) mass is 279 g/mol. The van der Waals surface area contributed by atoms with Crippen molar-refractivity contribution in [1.82, 2.24) is 5.32 Å². The topological polar surface area (TPSA) is 88.8 Å². The van der Waals surface area contributed by atoms with Crippen molar-refractivity contribution in [2.75, 3.05) is 0 Å². The van der Waals surface area contributed by atoms with E-state index in [1.54, 1.807) is 0 Å². The van der Waals surface area contributed by atoms with Gasteiger partial charge in [0.2, 0.25) is 5.79 Å². The zero-order valence-electron chi connectivity index (χ0n) is 11.7. The third-order valence-electron chi connectivity index (χ3n) is 3.31. The van der Waals surface area contributed by atoms with E-state index >= 15 is 0 Å². The molecule has 0 radical (unpaired) electrons. The van der Waals surface area contributed by atoms with E-state index in [0.717, 1.165) is 16.7 Å². The maximum Gasteiger partial charge on any atom is 0.234 e. The molecular weight excluding hydrogens is 262 g/mol. The lowest BCUT2D eigenvalue weighted by molar-refractivity contribution is 0.486. The largest absolute Gasteiger partial charge is 0.370 e. The van der Waals surface area contributed by atoms with Crippen LogP contribution in [-0.2, 0) is 5.79 Å². The number of aryl methyl sites for hydroxylation is 1. The molecule has 1 heterocycles. The molecule has 0 aliphatic carbocycles. The number of nitrogens with one attached hydrogen (secondary N) is 1. The van der Waals surface area contributed by atoms with Crippen molar-refractivity contribution < 1.29 is 0 Å². The van der Waals surface area contributed by atoms with Crippen LogP contribution in [0.15, 0.2) is 64.6 Å². The molecule has 1 unspecified atom stereocenters. The maximum atomic E-state index is 6.34. The van der Waals surface area contributed by atoms with Crippen LogP contribution in [0.5, 0.6) is 0 Å². The van der Waals surface area contributed by atoms with Crippen molar-refractivity contribution in [3.8, 4) is 0 Å². The van der Waals surface area contributed by atoms with E-state index in [-0.39, 0.29) is 5.96 Å². The molecule has 1 aliphatic heterocycles. The first kappa shape index (κ1) is 13.3. The number of hydrogen-bond acceptors (Lipinski definition) is 5. The molecule has 0 saturated carbocycles. The van der Waals surface area contributed by atoms with Crippen LogP contribution in [0.25, 0.3) is 0 Å². The Balaban J connectivity index is 2.08. The quantitative estimate of drug-likeness (QED) is 0.777. The number of guanidine groups is 1. The first-order chi connectivity index (χ1) is 10.1. The third kappa shape index (κ3) is 2.64. The molecular formula is C16H17N5. The fourth-order valence-electron chi connectivity index (χ4n) is 2.30. The summed E-state index contributed by atoms with van der Waals surface area (Å²) in [5.74, 6) is -0.319. The Morgan fingerprint density at radius 3 is 2.48 bits per heavy atom. The lowest BCUT2D eigenvalue weighted by Gasteiger charge is -2.27. The Labute approximate surface area is 123 Å². The second kappa shape index (κ2) is 5.03. The molecule has 0 aromatic heterocycles. The maximum absolute atomic E-state index is 6.34. The summed E-state index contributed by atoms with van der Waals surface area (Å²) < 4.78 is 0. The number of amidine groups is 1. The Bertz CT molecular complexity index is 720. The van der Waals surface area contributed by atoms with Crippen molar-refractivity contribution in [2.45, 2.75) is 12.7 Å². The zero-order valence-corrected chi connectivity index (χ0v) is 11.7.